The molecule has 2 unspecified atom stereocenters. The quantitative estimate of drug-likeness (QED) is 0.661. The monoisotopic (exact) mass is 188 g/mol. The molecule has 74 valence electrons. The van der Waals surface area contributed by atoms with Gasteiger partial charge >= 0.3 is 0 Å². The fourth-order valence-corrected chi connectivity index (χ4v) is 3.20. The standard InChI is InChI=1S/C13H16O/c14-13-7-11-5-9-3-1-2-4-10(9)6-12(11)8-13/h1-4,11-14H,5-8H2. The average molecular weight is 188 g/mol. The van der Waals surface area contributed by atoms with E-state index >= 15 is 0 Å². The average Bonchev–Trinajstić information content (AvgIpc) is 2.53. The van der Waals surface area contributed by atoms with E-state index in [1.54, 1.807) is 0 Å². The Morgan fingerprint density at radius 1 is 0.929 bits per heavy atom. The van der Waals surface area contributed by atoms with Crippen LogP contribution in [0.5, 0.6) is 0 Å². The first-order valence-corrected chi connectivity index (χ1v) is 5.58. The van der Waals surface area contributed by atoms with Gasteiger partial charge in [0.15, 0.2) is 0 Å². The molecule has 1 nitrogen and oxygen atoms in total. The summed E-state index contributed by atoms with van der Waals surface area (Å²) >= 11 is 0. The minimum absolute atomic E-state index is 0.0284. The first-order chi connectivity index (χ1) is 6.83. The molecule has 0 saturated heterocycles. The van der Waals surface area contributed by atoms with Crippen molar-refractivity contribution >= 4 is 0 Å². The Hall–Kier alpha value is -0.820. The molecule has 14 heavy (non-hydrogen) atoms. The van der Waals surface area contributed by atoms with Crippen molar-refractivity contribution in [1.82, 2.24) is 0 Å². The van der Waals surface area contributed by atoms with Crippen molar-refractivity contribution in [3.8, 4) is 0 Å². The molecule has 1 N–H and O–H groups in total. The van der Waals surface area contributed by atoms with Crippen LogP contribution in [0.15, 0.2) is 24.3 Å². The van der Waals surface area contributed by atoms with Crippen LogP contribution in [0.3, 0.4) is 0 Å². The second-order valence-corrected chi connectivity index (χ2v) is 4.82. The Bertz CT molecular complexity index is 312. The zero-order chi connectivity index (χ0) is 9.54. The summed E-state index contributed by atoms with van der Waals surface area (Å²) in [5, 5.41) is 9.64. The van der Waals surface area contributed by atoms with Gasteiger partial charge in [-0.3, -0.25) is 0 Å². The second-order valence-electron chi connectivity index (χ2n) is 4.82. The minimum Gasteiger partial charge on any atom is -0.393 e. The molecule has 3 rings (SSSR count). The van der Waals surface area contributed by atoms with Gasteiger partial charge in [0.2, 0.25) is 0 Å². The fourth-order valence-electron chi connectivity index (χ4n) is 3.20. The third-order valence-electron chi connectivity index (χ3n) is 3.90. The zero-order valence-corrected chi connectivity index (χ0v) is 8.32. The minimum atomic E-state index is -0.0284. The first kappa shape index (κ1) is 8.49. The molecular formula is C13H16O. The van der Waals surface area contributed by atoms with Crippen molar-refractivity contribution in [3.05, 3.63) is 35.4 Å². The highest BCUT2D eigenvalue weighted by Crippen LogP contribution is 2.41. The van der Waals surface area contributed by atoms with E-state index < -0.39 is 0 Å². The van der Waals surface area contributed by atoms with Crippen LogP contribution in [0.1, 0.15) is 24.0 Å². The molecule has 0 heterocycles. The largest absolute Gasteiger partial charge is 0.393 e. The zero-order valence-electron chi connectivity index (χ0n) is 8.32. The summed E-state index contributed by atoms with van der Waals surface area (Å²) in [5.74, 6) is 1.50. The molecule has 1 saturated carbocycles. The lowest BCUT2D eigenvalue weighted by molar-refractivity contribution is 0.175. The maximum absolute atomic E-state index is 9.64. The predicted molar refractivity (Wildman–Crippen MR) is 56.1 cm³/mol. The van der Waals surface area contributed by atoms with Crippen molar-refractivity contribution in [3.63, 3.8) is 0 Å². The van der Waals surface area contributed by atoms with E-state index in [-0.39, 0.29) is 6.10 Å². The lowest BCUT2D eigenvalue weighted by Gasteiger charge is -2.27. The maximum Gasteiger partial charge on any atom is 0.0546 e. The Morgan fingerprint density at radius 2 is 1.43 bits per heavy atom. The lowest BCUT2D eigenvalue weighted by Crippen LogP contribution is -2.20. The van der Waals surface area contributed by atoms with Gasteiger partial charge in [-0.05, 0) is 48.6 Å². The van der Waals surface area contributed by atoms with Crippen LogP contribution >= 0.6 is 0 Å². The molecule has 2 aliphatic rings. The third kappa shape index (κ3) is 1.27. The molecule has 2 aliphatic carbocycles. The molecule has 1 heteroatoms. The summed E-state index contributed by atoms with van der Waals surface area (Å²) in [7, 11) is 0. The van der Waals surface area contributed by atoms with Gasteiger partial charge in [-0.25, -0.2) is 0 Å². The van der Waals surface area contributed by atoms with E-state index in [1.807, 2.05) is 0 Å². The van der Waals surface area contributed by atoms with Crippen LogP contribution in [0.4, 0.5) is 0 Å². The Balaban J connectivity index is 1.91. The molecule has 0 spiro atoms. The summed E-state index contributed by atoms with van der Waals surface area (Å²) in [6.07, 6.45) is 4.41. The second kappa shape index (κ2) is 3.09. The van der Waals surface area contributed by atoms with Gasteiger partial charge in [0.25, 0.3) is 0 Å². The molecule has 0 aromatic heterocycles. The maximum atomic E-state index is 9.64. The van der Waals surface area contributed by atoms with Crippen LogP contribution in [0, 0.1) is 11.8 Å². The highest BCUT2D eigenvalue weighted by Gasteiger charge is 2.36. The van der Waals surface area contributed by atoms with Crippen LogP contribution in [-0.2, 0) is 12.8 Å². The van der Waals surface area contributed by atoms with Gasteiger partial charge in [-0.2, -0.15) is 0 Å². The van der Waals surface area contributed by atoms with E-state index in [0.717, 1.165) is 24.7 Å². The van der Waals surface area contributed by atoms with Gasteiger partial charge in [0, 0.05) is 0 Å². The first-order valence-electron chi connectivity index (χ1n) is 5.58. The van der Waals surface area contributed by atoms with Gasteiger partial charge in [0.1, 0.15) is 0 Å². The van der Waals surface area contributed by atoms with Gasteiger partial charge in [0.05, 0.1) is 6.10 Å². The Morgan fingerprint density at radius 3 is 1.93 bits per heavy atom. The van der Waals surface area contributed by atoms with E-state index in [4.69, 9.17) is 0 Å². The Kier molecular flexibility index (Phi) is 1.88. The molecule has 2 atom stereocenters. The van der Waals surface area contributed by atoms with Crippen LogP contribution in [0.25, 0.3) is 0 Å². The number of aliphatic hydroxyl groups excluding tert-OH is 1. The molecule has 0 amide bonds. The summed E-state index contributed by atoms with van der Waals surface area (Å²) < 4.78 is 0. The van der Waals surface area contributed by atoms with Gasteiger partial charge in [-0.15, -0.1) is 0 Å². The third-order valence-corrected chi connectivity index (χ3v) is 3.90. The lowest BCUT2D eigenvalue weighted by atomic mass is 9.78. The molecule has 1 aromatic carbocycles. The van der Waals surface area contributed by atoms with Gasteiger partial charge < -0.3 is 5.11 Å². The molecule has 0 radical (unpaired) electrons. The van der Waals surface area contributed by atoms with Crippen LogP contribution in [0.2, 0.25) is 0 Å². The fraction of sp³-hybridized carbons (Fsp3) is 0.538. The topological polar surface area (TPSA) is 20.2 Å². The van der Waals surface area contributed by atoms with E-state index in [0.29, 0.717) is 0 Å². The smallest absolute Gasteiger partial charge is 0.0546 e. The van der Waals surface area contributed by atoms with Crippen molar-refractivity contribution in [2.24, 2.45) is 11.8 Å². The SMILES string of the molecule is OC1CC2Cc3ccccc3CC2C1. The number of aliphatic hydroxyl groups is 1. The molecule has 1 fully saturated rings. The predicted octanol–water partition coefficient (Wildman–Crippen LogP) is 2.17. The van der Waals surface area contributed by atoms with Crippen molar-refractivity contribution < 1.29 is 5.11 Å². The van der Waals surface area contributed by atoms with E-state index in [2.05, 4.69) is 24.3 Å². The molecule has 1 aromatic rings. The number of rotatable bonds is 0. The van der Waals surface area contributed by atoms with Gasteiger partial charge in [-0.1, -0.05) is 24.3 Å². The number of hydrogen-bond acceptors (Lipinski definition) is 1. The van der Waals surface area contributed by atoms with Crippen LogP contribution < -0.4 is 0 Å². The summed E-state index contributed by atoms with van der Waals surface area (Å²) in [6.45, 7) is 0. The highest BCUT2D eigenvalue weighted by molar-refractivity contribution is 5.31. The number of hydrogen-bond donors (Lipinski definition) is 1. The Labute approximate surface area is 84.8 Å². The van der Waals surface area contributed by atoms with E-state index in [9.17, 15) is 5.11 Å². The molecule has 0 aliphatic heterocycles. The number of fused-ring (bicyclic) bond motifs is 2. The normalized spacial score (nSPS) is 35.1. The van der Waals surface area contributed by atoms with Crippen molar-refractivity contribution in [2.45, 2.75) is 31.8 Å². The molecular weight excluding hydrogens is 172 g/mol. The summed E-state index contributed by atoms with van der Waals surface area (Å²) in [5.41, 5.74) is 3.03. The van der Waals surface area contributed by atoms with Crippen molar-refractivity contribution in [1.29, 1.82) is 0 Å². The number of benzene rings is 1. The summed E-state index contributed by atoms with van der Waals surface area (Å²) in [4.78, 5) is 0. The van der Waals surface area contributed by atoms with E-state index in [1.165, 1.54) is 24.0 Å². The van der Waals surface area contributed by atoms with Crippen LogP contribution in [-0.4, -0.2) is 11.2 Å². The van der Waals surface area contributed by atoms with Crippen molar-refractivity contribution in [2.75, 3.05) is 0 Å². The summed E-state index contributed by atoms with van der Waals surface area (Å²) in [6, 6.07) is 8.75. The highest BCUT2D eigenvalue weighted by atomic mass is 16.3. The molecule has 0 bridgehead atoms.